The molecule has 2 bridgehead atoms. The molecule has 25 heavy (non-hydrogen) atoms. The summed E-state index contributed by atoms with van der Waals surface area (Å²) in [5, 5.41) is 3.91. The number of carbonyl (C=O) groups is 1. The molecule has 0 amide bonds. The molecule has 2 aliphatic heterocycles. The van der Waals surface area contributed by atoms with Crippen LogP contribution in [0.3, 0.4) is 0 Å². The van der Waals surface area contributed by atoms with Crippen LogP contribution >= 0.6 is 12.2 Å². The van der Waals surface area contributed by atoms with E-state index >= 15 is 0 Å². The number of thiocarbonyl (C=S) groups is 1. The summed E-state index contributed by atoms with van der Waals surface area (Å²) in [6.07, 6.45) is 0.777. The van der Waals surface area contributed by atoms with Crippen molar-refractivity contribution in [2.45, 2.75) is 32.0 Å². The first kappa shape index (κ1) is 17.9. The van der Waals surface area contributed by atoms with Crippen LogP contribution in [0.2, 0.25) is 0 Å². The lowest BCUT2D eigenvalue weighted by molar-refractivity contribution is -0.175. The Bertz CT molecular complexity index is 668. The number of para-hydroxylation sites is 1. The molecular weight excluding hydrogens is 340 g/mol. The number of methoxy groups -OCH3 is 1. The van der Waals surface area contributed by atoms with Crippen molar-refractivity contribution < 1.29 is 19.0 Å². The summed E-state index contributed by atoms with van der Waals surface area (Å²) in [5.74, 6) is -0.0323. The predicted octanol–water partition coefficient (Wildman–Crippen LogP) is 2.24. The average molecular weight is 364 g/mol. The van der Waals surface area contributed by atoms with Crippen LogP contribution in [0.5, 0.6) is 5.75 Å². The average Bonchev–Trinajstić information content (AvgIpc) is 2.57. The predicted molar refractivity (Wildman–Crippen MR) is 97.3 cm³/mol. The summed E-state index contributed by atoms with van der Waals surface area (Å²) >= 11 is 5.58. The number of esters is 1. The Morgan fingerprint density at radius 3 is 2.92 bits per heavy atom. The number of benzene rings is 1. The van der Waals surface area contributed by atoms with Crippen LogP contribution in [0.15, 0.2) is 24.3 Å². The molecule has 0 aliphatic carbocycles. The van der Waals surface area contributed by atoms with Gasteiger partial charge < -0.3 is 24.4 Å². The molecule has 1 aromatic carbocycles. The third-order valence-electron chi connectivity index (χ3n) is 4.81. The van der Waals surface area contributed by atoms with Crippen LogP contribution < -0.4 is 10.1 Å². The van der Waals surface area contributed by atoms with Gasteiger partial charge in [0.05, 0.1) is 12.6 Å². The second kappa shape index (κ2) is 7.17. The van der Waals surface area contributed by atoms with Crippen molar-refractivity contribution in [3.63, 3.8) is 0 Å². The fourth-order valence-electron chi connectivity index (χ4n) is 3.68. The molecule has 7 heteroatoms. The van der Waals surface area contributed by atoms with E-state index in [2.05, 4.69) is 5.32 Å². The summed E-state index contributed by atoms with van der Waals surface area (Å²) < 4.78 is 16.8. The van der Waals surface area contributed by atoms with E-state index in [1.54, 1.807) is 7.11 Å². The Morgan fingerprint density at radius 2 is 2.20 bits per heavy atom. The molecule has 0 spiro atoms. The van der Waals surface area contributed by atoms with Crippen LogP contribution in [0.4, 0.5) is 0 Å². The van der Waals surface area contributed by atoms with E-state index < -0.39 is 11.6 Å². The van der Waals surface area contributed by atoms with Crippen molar-refractivity contribution >= 4 is 23.3 Å². The quantitative estimate of drug-likeness (QED) is 0.472. The molecule has 6 nitrogen and oxygen atoms in total. The van der Waals surface area contributed by atoms with E-state index in [1.165, 1.54) is 0 Å². The van der Waals surface area contributed by atoms with Gasteiger partial charge in [-0.1, -0.05) is 18.2 Å². The lowest BCUT2D eigenvalue weighted by Gasteiger charge is -2.55. The first-order valence-electron chi connectivity index (χ1n) is 8.54. The minimum absolute atomic E-state index is 0.264. The second-order valence-corrected chi connectivity index (χ2v) is 6.74. The van der Waals surface area contributed by atoms with Gasteiger partial charge in [-0.15, -0.1) is 0 Å². The van der Waals surface area contributed by atoms with Gasteiger partial charge in [0.25, 0.3) is 0 Å². The van der Waals surface area contributed by atoms with E-state index in [1.807, 2.05) is 43.0 Å². The first-order chi connectivity index (χ1) is 12.0. The van der Waals surface area contributed by atoms with E-state index in [9.17, 15) is 4.79 Å². The first-order valence-corrected chi connectivity index (χ1v) is 8.95. The molecule has 0 saturated carbocycles. The number of ether oxygens (including phenoxy) is 3. The zero-order valence-electron chi connectivity index (χ0n) is 14.8. The minimum Gasteiger partial charge on any atom is -0.467 e. The number of fused-ring (bicyclic) bond motifs is 4. The molecule has 0 radical (unpaired) electrons. The number of hydrogen-bond donors (Lipinski definition) is 1. The smallest absolute Gasteiger partial charge is 0.317 e. The fraction of sp³-hybridized carbons (Fsp3) is 0.556. The number of nitrogens with zero attached hydrogens (tertiary/aromatic N) is 1. The normalized spacial score (nSPS) is 27.2. The maximum absolute atomic E-state index is 12.8. The molecule has 2 heterocycles. The van der Waals surface area contributed by atoms with Gasteiger partial charge in [0.15, 0.2) is 10.8 Å². The molecule has 1 fully saturated rings. The summed E-state index contributed by atoms with van der Waals surface area (Å²) in [7, 11) is 1.67. The lowest BCUT2D eigenvalue weighted by atomic mass is 9.79. The molecule has 136 valence electrons. The molecule has 3 rings (SSSR count). The molecule has 1 aromatic rings. The van der Waals surface area contributed by atoms with Crippen LogP contribution in [-0.2, 0) is 14.3 Å². The van der Waals surface area contributed by atoms with Crippen molar-refractivity contribution in [2.75, 3.05) is 26.9 Å². The van der Waals surface area contributed by atoms with Crippen LogP contribution in [0.1, 0.15) is 31.9 Å². The molecule has 0 unspecified atom stereocenters. The topological polar surface area (TPSA) is 60.0 Å². The maximum Gasteiger partial charge on any atom is 0.317 e. The lowest BCUT2D eigenvalue weighted by Crippen LogP contribution is -2.71. The van der Waals surface area contributed by atoms with E-state index in [0.717, 1.165) is 17.7 Å². The van der Waals surface area contributed by atoms with Gasteiger partial charge in [0.2, 0.25) is 0 Å². The molecular formula is C18H24N2O4S. The number of hydrogen-bond acceptors (Lipinski definition) is 5. The Balaban J connectivity index is 2.01. The third kappa shape index (κ3) is 3.06. The van der Waals surface area contributed by atoms with Crippen molar-refractivity contribution in [1.82, 2.24) is 10.2 Å². The summed E-state index contributed by atoms with van der Waals surface area (Å²) in [6.45, 7) is 5.29. The highest BCUT2D eigenvalue weighted by molar-refractivity contribution is 7.80. The standard InChI is InChI=1S/C18H24N2O4S/c1-4-23-16(21)14-15-12-8-5-6-9-13(12)24-18(14,2)20(17(25)19-15)10-7-11-22-3/h5-6,8-9,14-15H,4,7,10-11H2,1-3H3,(H,19,25)/t14-,15+,18+/m1/s1. The van der Waals surface area contributed by atoms with Crippen molar-refractivity contribution in [3.05, 3.63) is 29.8 Å². The summed E-state index contributed by atoms with van der Waals surface area (Å²) in [5.41, 5.74) is 0.0263. The van der Waals surface area contributed by atoms with Crippen LogP contribution in [0, 0.1) is 5.92 Å². The molecule has 1 saturated heterocycles. The highest BCUT2D eigenvalue weighted by atomic mass is 32.1. The zero-order valence-corrected chi connectivity index (χ0v) is 15.6. The fourth-order valence-corrected chi connectivity index (χ4v) is 4.08. The van der Waals surface area contributed by atoms with Gasteiger partial charge in [-0.3, -0.25) is 4.79 Å². The SMILES string of the molecule is CCOC(=O)[C@H]1[C@H]2NC(=S)N(CCCOC)[C@@]1(C)Oc1ccccc12. The largest absolute Gasteiger partial charge is 0.467 e. The zero-order chi connectivity index (χ0) is 18.0. The van der Waals surface area contributed by atoms with Gasteiger partial charge in [0, 0.05) is 25.8 Å². The van der Waals surface area contributed by atoms with Crippen LogP contribution in [0.25, 0.3) is 0 Å². The number of nitrogens with one attached hydrogen (secondary N) is 1. The Labute approximate surface area is 153 Å². The van der Waals surface area contributed by atoms with E-state index in [0.29, 0.717) is 24.9 Å². The summed E-state index contributed by atoms with van der Waals surface area (Å²) in [4.78, 5) is 14.7. The van der Waals surface area contributed by atoms with Gasteiger partial charge in [0.1, 0.15) is 11.7 Å². The van der Waals surface area contributed by atoms with E-state index in [-0.39, 0.29) is 12.0 Å². The van der Waals surface area contributed by atoms with Gasteiger partial charge >= 0.3 is 5.97 Å². The summed E-state index contributed by atoms with van der Waals surface area (Å²) in [6, 6.07) is 7.48. The third-order valence-corrected chi connectivity index (χ3v) is 5.15. The van der Waals surface area contributed by atoms with Gasteiger partial charge in [-0.2, -0.15) is 0 Å². The Hall–Kier alpha value is -1.86. The van der Waals surface area contributed by atoms with Gasteiger partial charge in [-0.25, -0.2) is 0 Å². The second-order valence-electron chi connectivity index (χ2n) is 6.35. The van der Waals surface area contributed by atoms with Crippen molar-refractivity contribution in [2.24, 2.45) is 5.92 Å². The highest BCUT2D eigenvalue weighted by Crippen LogP contribution is 2.48. The monoisotopic (exact) mass is 364 g/mol. The number of rotatable bonds is 6. The maximum atomic E-state index is 12.8. The van der Waals surface area contributed by atoms with Crippen molar-refractivity contribution in [1.29, 1.82) is 0 Å². The Kier molecular flexibility index (Phi) is 5.15. The highest BCUT2D eigenvalue weighted by Gasteiger charge is 2.59. The minimum atomic E-state index is -0.901. The molecule has 0 aromatic heterocycles. The molecule has 2 aliphatic rings. The van der Waals surface area contributed by atoms with Crippen LogP contribution in [-0.4, -0.2) is 48.6 Å². The molecule has 3 atom stereocenters. The number of carbonyl (C=O) groups excluding carboxylic acids is 1. The Morgan fingerprint density at radius 1 is 1.44 bits per heavy atom. The van der Waals surface area contributed by atoms with E-state index in [4.69, 9.17) is 26.4 Å². The van der Waals surface area contributed by atoms with Gasteiger partial charge in [-0.05, 0) is 38.6 Å². The van der Waals surface area contributed by atoms with Crippen molar-refractivity contribution in [3.8, 4) is 5.75 Å². The molecule has 1 N–H and O–H groups in total.